The first kappa shape index (κ1) is 22.8. The summed E-state index contributed by atoms with van der Waals surface area (Å²) in [5.74, 6) is 0.537. The summed E-state index contributed by atoms with van der Waals surface area (Å²) in [6, 6.07) is 13.1. The average molecular weight is 489 g/mol. The van der Waals surface area contributed by atoms with Gasteiger partial charge in [0.15, 0.2) is 11.5 Å². The number of aromatic nitrogens is 4. The van der Waals surface area contributed by atoms with Gasteiger partial charge in [-0.1, -0.05) is 12.1 Å². The van der Waals surface area contributed by atoms with Gasteiger partial charge in [0, 0.05) is 17.4 Å². The molecule has 10 nitrogen and oxygen atoms in total. The van der Waals surface area contributed by atoms with Gasteiger partial charge in [0.05, 0.1) is 36.3 Å². The fourth-order valence-electron chi connectivity index (χ4n) is 4.11. The van der Waals surface area contributed by atoms with Crippen LogP contribution in [0.1, 0.15) is 11.3 Å². The van der Waals surface area contributed by atoms with E-state index in [0.717, 1.165) is 5.56 Å². The summed E-state index contributed by atoms with van der Waals surface area (Å²) in [5, 5.41) is 18.8. The van der Waals surface area contributed by atoms with E-state index in [1.165, 1.54) is 20.3 Å². The van der Waals surface area contributed by atoms with Crippen LogP contribution in [0.2, 0.25) is 0 Å². The second kappa shape index (κ2) is 9.02. The number of H-pyrrole nitrogens is 2. The zero-order chi connectivity index (χ0) is 25.4. The van der Waals surface area contributed by atoms with E-state index in [9.17, 15) is 14.0 Å². The normalized spacial score (nSPS) is 11.1. The van der Waals surface area contributed by atoms with Crippen LogP contribution in [-0.2, 0) is 6.42 Å². The SMILES string of the molecule is COc1cc2c(Cc3ccc(F)c(-c4ccc5nc(NC(=O)O)[nH]c5c4)c3)n[nH]c(=O)c2cc1OC. The smallest absolute Gasteiger partial charge is 0.411 e. The molecule has 182 valence electrons. The highest BCUT2D eigenvalue weighted by atomic mass is 19.1. The molecule has 0 bridgehead atoms. The van der Waals surface area contributed by atoms with Crippen LogP contribution in [0.15, 0.2) is 53.3 Å². The van der Waals surface area contributed by atoms with Crippen molar-refractivity contribution in [3.63, 3.8) is 0 Å². The Balaban J connectivity index is 1.54. The first-order chi connectivity index (χ1) is 17.4. The number of rotatable bonds is 6. The van der Waals surface area contributed by atoms with E-state index in [0.29, 0.717) is 56.5 Å². The number of methoxy groups -OCH3 is 2. The lowest BCUT2D eigenvalue weighted by atomic mass is 9.98. The number of nitrogens with zero attached hydrogens (tertiary/aromatic N) is 2. The topological polar surface area (TPSA) is 142 Å². The second-order valence-corrected chi connectivity index (χ2v) is 7.99. The van der Waals surface area contributed by atoms with Crippen molar-refractivity contribution < 1.29 is 23.8 Å². The molecule has 36 heavy (non-hydrogen) atoms. The molecule has 5 rings (SSSR count). The fourth-order valence-corrected chi connectivity index (χ4v) is 4.11. The highest BCUT2D eigenvalue weighted by Crippen LogP contribution is 2.33. The minimum Gasteiger partial charge on any atom is -0.493 e. The Morgan fingerprint density at radius 2 is 1.81 bits per heavy atom. The molecule has 0 aliphatic carbocycles. The maximum absolute atomic E-state index is 14.9. The van der Waals surface area contributed by atoms with Gasteiger partial charge in [-0.15, -0.1) is 0 Å². The molecule has 0 fully saturated rings. The number of hydrogen-bond donors (Lipinski definition) is 4. The number of imidazole rings is 1. The third-order valence-corrected chi connectivity index (χ3v) is 5.79. The molecule has 3 aromatic carbocycles. The van der Waals surface area contributed by atoms with Crippen LogP contribution in [0.25, 0.3) is 32.9 Å². The van der Waals surface area contributed by atoms with Crippen molar-refractivity contribution in [3.05, 3.63) is 76.0 Å². The number of hydrogen-bond acceptors (Lipinski definition) is 6. The van der Waals surface area contributed by atoms with Crippen LogP contribution in [-0.4, -0.2) is 45.6 Å². The van der Waals surface area contributed by atoms with Crippen LogP contribution < -0.4 is 20.3 Å². The first-order valence-corrected chi connectivity index (χ1v) is 10.8. The number of carbonyl (C=O) groups is 1. The summed E-state index contributed by atoms with van der Waals surface area (Å²) in [6.07, 6.45) is -0.929. The van der Waals surface area contributed by atoms with E-state index in [2.05, 4.69) is 25.5 Å². The quantitative estimate of drug-likeness (QED) is 0.278. The third kappa shape index (κ3) is 4.17. The van der Waals surface area contributed by atoms with Crippen LogP contribution in [0.4, 0.5) is 15.1 Å². The Morgan fingerprint density at radius 1 is 1.06 bits per heavy atom. The molecule has 1 amide bonds. The molecule has 2 aromatic heterocycles. The van der Waals surface area contributed by atoms with Gasteiger partial charge in [-0.05, 0) is 47.5 Å². The molecule has 0 aliphatic rings. The van der Waals surface area contributed by atoms with Crippen molar-refractivity contribution >= 4 is 33.8 Å². The molecular weight excluding hydrogens is 469 g/mol. The molecule has 0 spiro atoms. The van der Waals surface area contributed by atoms with Gasteiger partial charge in [-0.3, -0.25) is 10.1 Å². The summed E-state index contributed by atoms with van der Waals surface area (Å²) in [4.78, 5) is 30.3. The van der Waals surface area contributed by atoms with E-state index in [-0.39, 0.29) is 11.5 Å². The van der Waals surface area contributed by atoms with Gasteiger partial charge >= 0.3 is 6.09 Å². The van der Waals surface area contributed by atoms with Gasteiger partial charge in [0.2, 0.25) is 5.95 Å². The molecule has 0 atom stereocenters. The van der Waals surface area contributed by atoms with Crippen molar-refractivity contribution in [2.45, 2.75) is 6.42 Å². The number of aromatic amines is 2. The van der Waals surface area contributed by atoms with Crippen molar-refractivity contribution in [2.24, 2.45) is 0 Å². The minimum absolute atomic E-state index is 0.0759. The molecule has 0 radical (unpaired) electrons. The zero-order valence-electron chi connectivity index (χ0n) is 19.2. The second-order valence-electron chi connectivity index (χ2n) is 7.99. The summed E-state index contributed by atoms with van der Waals surface area (Å²) >= 11 is 0. The molecule has 5 aromatic rings. The summed E-state index contributed by atoms with van der Waals surface area (Å²) < 4.78 is 25.5. The number of halogens is 1. The number of anilines is 1. The maximum atomic E-state index is 14.9. The number of benzene rings is 3. The lowest BCUT2D eigenvalue weighted by molar-refractivity contribution is 0.209. The molecule has 0 saturated carbocycles. The van der Waals surface area contributed by atoms with Crippen LogP contribution in [0, 0.1) is 5.82 Å². The van der Waals surface area contributed by atoms with Gasteiger partial charge < -0.3 is 19.6 Å². The van der Waals surface area contributed by atoms with Gasteiger partial charge in [-0.25, -0.2) is 19.3 Å². The van der Waals surface area contributed by atoms with E-state index in [1.807, 2.05) is 0 Å². The molecule has 4 N–H and O–H groups in total. The van der Waals surface area contributed by atoms with Gasteiger partial charge in [0.25, 0.3) is 5.56 Å². The Kier molecular flexibility index (Phi) is 5.72. The molecule has 2 heterocycles. The van der Waals surface area contributed by atoms with Crippen molar-refractivity contribution in [1.82, 2.24) is 20.2 Å². The number of nitrogens with one attached hydrogen (secondary N) is 3. The van der Waals surface area contributed by atoms with E-state index in [4.69, 9.17) is 14.6 Å². The van der Waals surface area contributed by atoms with Gasteiger partial charge in [-0.2, -0.15) is 5.10 Å². The number of fused-ring (bicyclic) bond motifs is 2. The Labute approximate surface area is 202 Å². The molecular formula is C25H20FN5O5. The summed E-state index contributed by atoms with van der Waals surface area (Å²) in [5.41, 5.74) is 3.00. The molecule has 0 unspecified atom stereocenters. The highest BCUT2D eigenvalue weighted by Gasteiger charge is 2.15. The standard InChI is InChI=1S/C25H20FN5O5/c1-35-21-10-15-16(11-22(21)36-2)23(32)31-30-19(15)8-12-3-5-17(26)14(7-12)13-4-6-18-20(9-13)28-24(27-18)29-25(33)34/h3-7,9-11H,8H2,1-2H3,(H,31,32)(H,33,34)(H2,27,28,29). The van der Waals surface area contributed by atoms with Crippen LogP contribution >= 0.6 is 0 Å². The molecule has 0 saturated heterocycles. The predicted octanol–water partition coefficient (Wildman–Crippen LogP) is 4.30. The highest BCUT2D eigenvalue weighted by molar-refractivity contribution is 5.88. The first-order valence-electron chi connectivity index (χ1n) is 10.8. The van der Waals surface area contributed by atoms with E-state index in [1.54, 1.807) is 42.5 Å². The van der Waals surface area contributed by atoms with E-state index >= 15 is 0 Å². The van der Waals surface area contributed by atoms with Gasteiger partial charge in [0.1, 0.15) is 5.82 Å². The van der Waals surface area contributed by atoms with Crippen molar-refractivity contribution in [1.29, 1.82) is 0 Å². The Bertz CT molecular complexity index is 1690. The lowest BCUT2D eigenvalue weighted by Crippen LogP contribution is -2.12. The average Bonchev–Trinajstić information content (AvgIpc) is 3.26. The van der Waals surface area contributed by atoms with Crippen molar-refractivity contribution in [3.8, 4) is 22.6 Å². The van der Waals surface area contributed by atoms with Crippen LogP contribution in [0.5, 0.6) is 11.5 Å². The minimum atomic E-state index is -1.24. The van der Waals surface area contributed by atoms with E-state index < -0.39 is 11.9 Å². The number of carboxylic acid groups (broad SMARTS) is 1. The fraction of sp³-hybridized carbons (Fsp3) is 0.120. The number of ether oxygens (including phenoxy) is 2. The third-order valence-electron chi connectivity index (χ3n) is 5.79. The molecule has 0 aliphatic heterocycles. The van der Waals surface area contributed by atoms with Crippen molar-refractivity contribution in [2.75, 3.05) is 19.5 Å². The maximum Gasteiger partial charge on any atom is 0.411 e. The predicted molar refractivity (Wildman–Crippen MR) is 131 cm³/mol. The monoisotopic (exact) mass is 489 g/mol. The largest absolute Gasteiger partial charge is 0.493 e. The summed E-state index contributed by atoms with van der Waals surface area (Å²) in [6.45, 7) is 0. The zero-order valence-corrected chi connectivity index (χ0v) is 19.2. The summed E-state index contributed by atoms with van der Waals surface area (Å²) in [7, 11) is 3.00. The Hall–Kier alpha value is -4.93. The lowest BCUT2D eigenvalue weighted by Gasteiger charge is -2.12. The number of amides is 1. The molecule has 11 heteroatoms. The van der Waals surface area contributed by atoms with Crippen LogP contribution in [0.3, 0.4) is 0 Å². The Morgan fingerprint density at radius 3 is 2.53 bits per heavy atom.